The molecule has 0 radical (unpaired) electrons. The maximum Gasteiger partial charge on any atom is 0.226 e. The maximum absolute atomic E-state index is 13.1. The molecule has 1 heterocycles. The van der Waals surface area contributed by atoms with Crippen LogP contribution in [0.1, 0.15) is 31.6 Å². The van der Waals surface area contributed by atoms with Gasteiger partial charge in [0.25, 0.3) is 0 Å². The van der Waals surface area contributed by atoms with Crippen LogP contribution in [0, 0.1) is 11.6 Å². The first-order valence-electron chi connectivity index (χ1n) is 6.68. The van der Waals surface area contributed by atoms with Gasteiger partial charge in [-0.25, -0.2) is 8.78 Å². The summed E-state index contributed by atoms with van der Waals surface area (Å²) in [5, 5.41) is 3.74. The second-order valence-corrected chi connectivity index (χ2v) is 4.62. The summed E-state index contributed by atoms with van der Waals surface area (Å²) in [6.07, 6.45) is 4.72. The highest BCUT2D eigenvalue weighted by atomic mass is 19.1. The summed E-state index contributed by atoms with van der Waals surface area (Å²) in [6.45, 7) is 0.704. The molecule has 2 aromatic rings. The molecule has 2 rings (SSSR count). The van der Waals surface area contributed by atoms with Gasteiger partial charge in [0.05, 0.1) is 0 Å². The number of rotatable bonds is 7. The molecular weight excluding hydrogens is 264 g/mol. The number of aryl methyl sites for hydroxylation is 1. The number of halogens is 2. The normalized spacial score (nSPS) is 10.9. The molecule has 0 atom stereocenters. The molecule has 0 saturated carbocycles. The molecule has 0 aliphatic heterocycles. The van der Waals surface area contributed by atoms with Gasteiger partial charge in [-0.15, -0.1) is 0 Å². The Morgan fingerprint density at radius 2 is 1.70 bits per heavy atom. The van der Waals surface area contributed by atoms with E-state index in [0.29, 0.717) is 18.9 Å². The number of nitrogens with zero attached hydrogens (tertiary/aromatic N) is 2. The van der Waals surface area contributed by atoms with Gasteiger partial charge in [-0.1, -0.05) is 18.0 Å². The molecular formula is C14H17F2N3O. The molecule has 0 amide bonds. The third kappa shape index (κ3) is 4.09. The van der Waals surface area contributed by atoms with Gasteiger partial charge in [0.15, 0.2) is 0 Å². The molecule has 0 saturated heterocycles. The summed E-state index contributed by atoms with van der Waals surface area (Å²) in [4.78, 5) is 4.14. The Morgan fingerprint density at radius 1 is 1.00 bits per heavy atom. The molecule has 1 aromatic carbocycles. The van der Waals surface area contributed by atoms with Gasteiger partial charge in [-0.3, -0.25) is 0 Å². The minimum absolute atomic E-state index is 0.209. The van der Waals surface area contributed by atoms with Crippen molar-refractivity contribution in [1.82, 2.24) is 10.1 Å². The third-order valence-corrected chi connectivity index (χ3v) is 2.93. The highest BCUT2D eigenvalue weighted by molar-refractivity contribution is 5.54. The lowest BCUT2D eigenvalue weighted by atomic mass is 10.1. The highest BCUT2D eigenvalue weighted by Crippen LogP contribution is 2.19. The largest absolute Gasteiger partial charge is 0.339 e. The van der Waals surface area contributed by atoms with Crippen LogP contribution in [0.2, 0.25) is 0 Å². The first-order chi connectivity index (χ1) is 9.69. The van der Waals surface area contributed by atoms with E-state index < -0.39 is 11.6 Å². The van der Waals surface area contributed by atoms with E-state index in [4.69, 9.17) is 10.3 Å². The van der Waals surface area contributed by atoms with Crippen LogP contribution < -0.4 is 5.73 Å². The van der Waals surface area contributed by atoms with Gasteiger partial charge in [0.1, 0.15) is 11.6 Å². The fraction of sp³-hybridized carbons (Fsp3) is 0.429. The van der Waals surface area contributed by atoms with Crippen LogP contribution >= 0.6 is 0 Å². The molecule has 20 heavy (non-hydrogen) atoms. The molecule has 6 heteroatoms. The van der Waals surface area contributed by atoms with Crippen LogP contribution in [-0.2, 0) is 6.42 Å². The van der Waals surface area contributed by atoms with E-state index in [1.165, 1.54) is 12.1 Å². The van der Waals surface area contributed by atoms with E-state index in [1.54, 1.807) is 0 Å². The van der Waals surface area contributed by atoms with E-state index in [1.807, 2.05) is 0 Å². The molecule has 0 fully saturated rings. The molecule has 0 bridgehead atoms. The van der Waals surface area contributed by atoms with Gasteiger partial charge in [-0.05, 0) is 31.5 Å². The van der Waals surface area contributed by atoms with Crippen molar-refractivity contribution < 1.29 is 13.3 Å². The Bertz CT molecular complexity index is 537. The van der Waals surface area contributed by atoms with Crippen molar-refractivity contribution in [3.63, 3.8) is 0 Å². The molecule has 0 aliphatic rings. The lowest BCUT2D eigenvalue weighted by molar-refractivity contribution is 0.374. The maximum atomic E-state index is 13.1. The number of nitrogens with two attached hydrogens (primary N) is 1. The Hall–Kier alpha value is -1.82. The number of benzene rings is 1. The Kier molecular flexibility index (Phi) is 5.17. The number of hydrogen-bond donors (Lipinski definition) is 1. The van der Waals surface area contributed by atoms with Crippen molar-refractivity contribution >= 4 is 0 Å². The number of hydrogen-bond acceptors (Lipinski definition) is 4. The Balaban J connectivity index is 1.94. The monoisotopic (exact) mass is 281 g/mol. The van der Waals surface area contributed by atoms with Crippen LogP contribution in [-0.4, -0.2) is 16.7 Å². The Labute approximate surface area is 116 Å². The standard InChI is InChI=1S/C14H17F2N3O/c15-11-7-10(8-12(16)9-11)14-18-13(20-19-14)5-3-1-2-4-6-17/h7-9H,1-6,17H2. The van der Waals surface area contributed by atoms with Gasteiger partial charge in [-0.2, -0.15) is 4.98 Å². The summed E-state index contributed by atoms with van der Waals surface area (Å²) in [5.74, 6) is -0.626. The SMILES string of the molecule is NCCCCCCc1nc(-c2cc(F)cc(F)c2)no1. The van der Waals surface area contributed by atoms with Crippen molar-refractivity contribution in [1.29, 1.82) is 0 Å². The first-order valence-corrected chi connectivity index (χ1v) is 6.68. The van der Waals surface area contributed by atoms with Gasteiger partial charge >= 0.3 is 0 Å². The van der Waals surface area contributed by atoms with E-state index in [9.17, 15) is 8.78 Å². The summed E-state index contributed by atoms with van der Waals surface area (Å²) < 4.78 is 31.3. The van der Waals surface area contributed by atoms with E-state index >= 15 is 0 Å². The molecule has 108 valence electrons. The van der Waals surface area contributed by atoms with Crippen molar-refractivity contribution in [3.05, 3.63) is 35.7 Å². The highest BCUT2D eigenvalue weighted by Gasteiger charge is 2.10. The lowest BCUT2D eigenvalue weighted by Crippen LogP contribution is -1.97. The first kappa shape index (κ1) is 14.6. The third-order valence-electron chi connectivity index (χ3n) is 2.93. The fourth-order valence-electron chi connectivity index (χ4n) is 1.93. The summed E-state index contributed by atoms with van der Waals surface area (Å²) in [7, 11) is 0. The van der Waals surface area contributed by atoms with E-state index in [0.717, 1.165) is 31.7 Å². The second-order valence-electron chi connectivity index (χ2n) is 4.62. The van der Waals surface area contributed by atoms with Crippen LogP contribution in [0.5, 0.6) is 0 Å². The average Bonchev–Trinajstić information content (AvgIpc) is 2.86. The fourth-order valence-corrected chi connectivity index (χ4v) is 1.93. The van der Waals surface area contributed by atoms with Crippen molar-refractivity contribution in [2.75, 3.05) is 6.54 Å². The lowest BCUT2D eigenvalue weighted by Gasteiger charge is -1.96. The summed E-state index contributed by atoms with van der Waals surface area (Å²) in [5.41, 5.74) is 5.69. The zero-order valence-corrected chi connectivity index (χ0v) is 11.1. The van der Waals surface area contributed by atoms with Crippen LogP contribution in [0.25, 0.3) is 11.4 Å². The summed E-state index contributed by atoms with van der Waals surface area (Å²) in [6, 6.07) is 3.17. The minimum Gasteiger partial charge on any atom is -0.339 e. The number of unbranched alkanes of at least 4 members (excludes halogenated alkanes) is 3. The van der Waals surface area contributed by atoms with Crippen LogP contribution in [0.15, 0.2) is 22.7 Å². The molecule has 1 aromatic heterocycles. The van der Waals surface area contributed by atoms with Crippen molar-refractivity contribution in [2.24, 2.45) is 5.73 Å². The zero-order valence-electron chi connectivity index (χ0n) is 11.1. The molecule has 0 spiro atoms. The quantitative estimate of drug-likeness (QED) is 0.792. The molecule has 0 aliphatic carbocycles. The van der Waals surface area contributed by atoms with Gasteiger partial charge in [0, 0.05) is 18.1 Å². The zero-order chi connectivity index (χ0) is 14.4. The van der Waals surface area contributed by atoms with Crippen molar-refractivity contribution in [3.8, 4) is 11.4 Å². The second kappa shape index (κ2) is 7.09. The van der Waals surface area contributed by atoms with Gasteiger partial charge in [0.2, 0.25) is 11.7 Å². The minimum atomic E-state index is -0.659. The molecule has 4 nitrogen and oxygen atoms in total. The van der Waals surface area contributed by atoms with E-state index in [-0.39, 0.29) is 11.4 Å². The topological polar surface area (TPSA) is 64.9 Å². The van der Waals surface area contributed by atoms with Crippen LogP contribution in [0.3, 0.4) is 0 Å². The summed E-state index contributed by atoms with van der Waals surface area (Å²) >= 11 is 0. The van der Waals surface area contributed by atoms with Crippen molar-refractivity contribution in [2.45, 2.75) is 32.1 Å². The molecule has 2 N–H and O–H groups in total. The smallest absolute Gasteiger partial charge is 0.226 e. The number of aromatic nitrogens is 2. The predicted molar refractivity (Wildman–Crippen MR) is 70.9 cm³/mol. The Morgan fingerprint density at radius 3 is 2.40 bits per heavy atom. The predicted octanol–water partition coefficient (Wildman–Crippen LogP) is 3.08. The van der Waals surface area contributed by atoms with Crippen LogP contribution in [0.4, 0.5) is 8.78 Å². The molecule has 0 unspecified atom stereocenters. The average molecular weight is 281 g/mol. The van der Waals surface area contributed by atoms with E-state index in [2.05, 4.69) is 10.1 Å². The van der Waals surface area contributed by atoms with Gasteiger partial charge < -0.3 is 10.3 Å².